The number of hydrogen-bond donors (Lipinski definition) is 2. The van der Waals surface area contributed by atoms with E-state index in [4.69, 9.17) is 5.73 Å². The molecule has 0 amide bonds. The second-order valence-corrected chi connectivity index (χ2v) is 6.00. The highest BCUT2D eigenvalue weighted by atomic mass is 16.1. The number of fused-ring (bicyclic) bond motifs is 1. The maximum absolute atomic E-state index is 12.6. The third-order valence-electron chi connectivity index (χ3n) is 4.19. The largest absolute Gasteiger partial charge is 0.384 e. The monoisotopic (exact) mass is 342 g/mol. The number of rotatable bonds is 3. The van der Waals surface area contributed by atoms with Crippen LogP contribution in [0.3, 0.4) is 0 Å². The minimum absolute atomic E-state index is 0.101. The van der Waals surface area contributed by atoms with Crippen LogP contribution < -0.4 is 16.5 Å². The summed E-state index contributed by atoms with van der Waals surface area (Å²) in [5, 5.41) is 3.87. The Labute approximate surface area is 150 Å². The number of pyridine rings is 2. The number of aromatic nitrogens is 2. The van der Waals surface area contributed by atoms with Crippen LogP contribution >= 0.6 is 0 Å². The topological polar surface area (TPSA) is 72.9 Å². The van der Waals surface area contributed by atoms with Crippen LogP contribution in [-0.4, -0.2) is 9.55 Å². The summed E-state index contributed by atoms with van der Waals surface area (Å²) in [5.41, 5.74) is 8.36. The van der Waals surface area contributed by atoms with Crippen molar-refractivity contribution in [1.82, 2.24) is 9.55 Å². The van der Waals surface area contributed by atoms with Gasteiger partial charge in [0.2, 0.25) is 0 Å². The van der Waals surface area contributed by atoms with Crippen LogP contribution in [0.5, 0.6) is 0 Å². The lowest BCUT2D eigenvalue weighted by molar-refractivity contribution is 1.14. The number of nitrogens with one attached hydrogen (secondary N) is 1. The van der Waals surface area contributed by atoms with Gasteiger partial charge in [0, 0.05) is 29.7 Å². The quantitative estimate of drug-likeness (QED) is 0.752. The number of nitrogen functional groups attached to an aromatic ring is 1. The molecular formula is C21H18N4O. The van der Waals surface area contributed by atoms with E-state index in [1.807, 2.05) is 53.1 Å². The van der Waals surface area contributed by atoms with Gasteiger partial charge in [-0.25, -0.2) is 4.98 Å². The molecule has 1 aliphatic rings. The van der Waals surface area contributed by atoms with E-state index in [0.29, 0.717) is 17.0 Å². The van der Waals surface area contributed by atoms with Gasteiger partial charge < -0.3 is 11.1 Å². The molecule has 0 unspecified atom stereocenters. The Morgan fingerprint density at radius 2 is 1.96 bits per heavy atom. The van der Waals surface area contributed by atoms with Crippen molar-refractivity contribution < 1.29 is 0 Å². The average Bonchev–Trinajstić information content (AvgIpc) is 2.92. The van der Waals surface area contributed by atoms with Gasteiger partial charge in [0.1, 0.15) is 11.6 Å². The Morgan fingerprint density at radius 3 is 2.81 bits per heavy atom. The molecule has 5 nitrogen and oxygen atoms in total. The molecule has 3 N–H and O–H groups in total. The summed E-state index contributed by atoms with van der Waals surface area (Å²) in [6.45, 7) is 0. The Balaban J connectivity index is 2.00. The smallest absolute Gasteiger partial charge is 0.193 e. The molecule has 0 fully saturated rings. The Hall–Kier alpha value is -3.60. The molecule has 0 saturated heterocycles. The normalized spacial score (nSPS) is 13.5. The molecule has 4 rings (SSSR count). The highest BCUT2D eigenvalue weighted by molar-refractivity contribution is 5.88. The van der Waals surface area contributed by atoms with Crippen molar-refractivity contribution in [2.45, 2.75) is 6.42 Å². The van der Waals surface area contributed by atoms with Crippen LogP contribution in [0.4, 0.5) is 17.3 Å². The summed E-state index contributed by atoms with van der Waals surface area (Å²) in [7, 11) is 0. The van der Waals surface area contributed by atoms with Crippen LogP contribution in [0.25, 0.3) is 16.6 Å². The number of para-hydroxylation sites is 1. The second kappa shape index (κ2) is 6.72. The zero-order chi connectivity index (χ0) is 17.9. The van der Waals surface area contributed by atoms with Crippen molar-refractivity contribution in [3.05, 3.63) is 89.3 Å². The lowest BCUT2D eigenvalue weighted by atomic mass is 10.2. The van der Waals surface area contributed by atoms with Gasteiger partial charge in [0.05, 0.1) is 10.9 Å². The van der Waals surface area contributed by atoms with Gasteiger partial charge in [0.25, 0.3) is 0 Å². The third kappa shape index (κ3) is 3.02. The van der Waals surface area contributed by atoms with Crippen LogP contribution in [0, 0.1) is 0 Å². The summed E-state index contributed by atoms with van der Waals surface area (Å²) in [5.74, 6) is 1.04. The molecule has 0 bridgehead atoms. The van der Waals surface area contributed by atoms with E-state index >= 15 is 0 Å². The molecule has 0 saturated carbocycles. The van der Waals surface area contributed by atoms with E-state index in [1.54, 1.807) is 12.1 Å². The molecule has 128 valence electrons. The standard InChI is InChI=1S/C21H18N4O/c22-20-12-18-17(14-23-20)19(26)13-21(24-15-8-4-3-5-9-15)25(18)16-10-6-1-2-7-11-16/h1,3-14,24H,2H2,(H2,22,23). The van der Waals surface area contributed by atoms with Crippen molar-refractivity contribution in [3.8, 4) is 0 Å². The predicted molar refractivity (Wildman–Crippen MR) is 107 cm³/mol. The van der Waals surface area contributed by atoms with E-state index in [2.05, 4.69) is 22.5 Å². The van der Waals surface area contributed by atoms with E-state index in [1.165, 1.54) is 6.20 Å². The minimum atomic E-state index is -0.101. The van der Waals surface area contributed by atoms with E-state index < -0.39 is 0 Å². The number of allylic oxidation sites excluding steroid dienone is 6. The van der Waals surface area contributed by atoms with Crippen molar-refractivity contribution in [1.29, 1.82) is 0 Å². The van der Waals surface area contributed by atoms with Gasteiger partial charge in [-0.2, -0.15) is 0 Å². The van der Waals surface area contributed by atoms with Gasteiger partial charge in [-0.05, 0) is 30.7 Å². The van der Waals surface area contributed by atoms with Gasteiger partial charge in [-0.15, -0.1) is 0 Å². The number of hydrogen-bond acceptors (Lipinski definition) is 4. The van der Waals surface area contributed by atoms with Gasteiger partial charge in [-0.1, -0.05) is 36.4 Å². The van der Waals surface area contributed by atoms with Crippen LogP contribution in [0.2, 0.25) is 0 Å². The maximum Gasteiger partial charge on any atom is 0.193 e. The van der Waals surface area contributed by atoms with E-state index in [0.717, 1.165) is 23.3 Å². The Bertz CT molecular complexity index is 1110. The minimum Gasteiger partial charge on any atom is -0.384 e. The first-order valence-corrected chi connectivity index (χ1v) is 8.39. The van der Waals surface area contributed by atoms with Crippen molar-refractivity contribution in [3.63, 3.8) is 0 Å². The molecule has 1 aliphatic carbocycles. The summed E-state index contributed by atoms with van der Waals surface area (Å²) in [4.78, 5) is 16.7. The summed E-state index contributed by atoms with van der Waals surface area (Å²) >= 11 is 0. The molecule has 1 aromatic carbocycles. The fourth-order valence-corrected chi connectivity index (χ4v) is 2.99. The molecule has 2 aromatic heterocycles. The fraction of sp³-hybridized carbons (Fsp3) is 0.0476. The number of nitrogens with zero attached hydrogens (tertiary/aromatic N) is 2. The Kier molecular flexibility index (Phi) is 4.11. The van der Waals surface area contributed by atoms with Gasteiger partial charge in [0.15, 0.2) is 5.43 Å². The lowest BCUT2D eigenvalue weighted by Gasteiger charge is -2.19. The van der Waals surface area contributed by atoms with Gasteiger partial charge >= 0.3 is 0 Å². The molecule has 26 heavy (non-hydrogen) atoms. The SMILES string of the molecule is Nc1cc2c(cn1)c(=O)cc(Nc1ccccc1)n2C1=CC=CCC=C1. The molecule has 0 radical (unpaired) electrons. The first-order valence-electron chi connectivity index (χ1n) is 8.39. The van der Waals surface area contributed by atoms with Crippen molar-refractivity contribution >= 4 is 33.9 Å². The first kappa shape index (κ1) is 15.9. The third-order valence-corrected chi connectivity index (χ3v) is 4.19. The zero-order valence-corrected chi connectivity index (χ0v) is 14.1. The molecule has 0 atom stereocenters. The highest BCUT2D eigenvalue weighted by Gasteiger charge is 2.13. The number of nitrogens with two attached hydrogens (primary N) is 1. The van der Waals surface area contributed by atoms with Crippen LogP contribution in [-0.2, 0) is 0 Å². The molecule has 3 aromatic rings. The first-order chi connectivity index (χ1) is 12.7. The zero-order valence-electron chi connectivity index (χ0n) is 14.1. The van der Waals surface area contributed by atoms with Crippen molar-refractivity contribution in [2.75, 3.05) is 11.1 Å². The van der Waals surface area contributed by atoms with Crippen molar-refractivity contribution in [2.24, 2.45) is 0 Å². The van der Waals surface area contributed by atoms with Gasteiger partial charge in [-0.3, -0.25) is 9.36 Å². The summed E-state index contributed by atoms with van der Waals surface area (Å²) in [6, 6.07) is 13.1. The molecule has 0 aliphatic heterocycles. The van der Waals surface area contributed by atoms with Crippen LogP contribution in [0.15, 0.2) is 83.8 Å². The van der Waals surface area contributed by atoms with Crippen LogP contribution in [0.1, 0.15) is 6.42 Å². The number of anilines is 3. The number of benzene rings is 1. The Morgan fingerprint density at radius 1 is 1.12 bits per heavy atom. The van der Waals surface area contributed by atoms with E-state index in [9.17, 15) is 4.79 Å². The molecular weight excluding hydrogens is 324 g/mol. The fourth-order valence-electron chi connectivity index (χ4n) is 2.99. The highest BCUT2D eigenvalue weighted by Crippen LogP contribution is 2.26. The molecule has 2 heterocycles. The predicted octanol–water partition coefficient (Wildman–Crippen LogP) is 4.08. The summed E-state index contributed by atoms with van der Waals surface area (Å²) < 4.78 is 1.99. The molecule has 0 spiro atoms. The lowest BCUT2D eigenvalue weighted by Crippen LogP contribution is -2.13. The summed E-state index contributed by atoms with van der Waals surface area (Å²) in [6.07, 6.45) is 12.6. The van der Waals surface area contributed by atoms with E-state index in [-0.39, 0.29) is 5.43 Å². The average molecular weight is 342 g/mol. The maximum atomic E-state index is 12.6. The molecule has 5 heteroatoms. The second-order valence-electron chi connectivity index (χ2n) is 6.00.